The van der Waals surface area contributed by atoms with E-state index in [2.05, 4.69) is 21.4 Å². The van der Waals surface area contributed by atoms with Gasteiger partial charge in [0.25, 0.3) is 5.91 Å². The van der Waals surface area contributed by atoms with E-state index in [-0.39, 0.29) is 23.6 Å². The van der Waals surface area contributed by atoms with Crippen LogP contribution in [-0.4, -0.2) is 64.6 Å². The van der Waals surface area contributed by atoms with Gasteiger partial charge in [-0.15, -0.1) is 0 Å². The molecule has 1 aromatic heterocycles. The number of hydrogen-bond acceptors (Lipinski definition) is 7. The van der Waals surface area contributed by atoms with Crippen molar-refractivity contribution in [2.24, 2.45) is 0 Å². The molecule has 29 heavy (non-hydrogen) atoms. The predicted molar refractivity (Wildman–Crippen MR) is 106 cm³/mol. The van der Waals surface area contributed by atoms with E-state index in [1.54, 1.807) is 54.0 Å². The van der Waals surface area contributed by atoms with Crippen molar-refractivity contribution in [1.29, 1.82) is 5.26 Å². The van der Waals surface area contributed by atoms with Crippen molar-refractivity contribution >= 4 is 23.6 Å². The molecule has 1 fully saturated rings. The molecular formula is C20H22N6O3. The molecular weight excluding hydrogens is 372 g/mol. The highest BCUT2D eigenvalue weighted by Crippen LogP contribution is 2.17. The van der Waals surface area contributed by atoms with E-state index in [4.69, 9.17) is 10.00 Å². The van der Waals surface area contributed by atoms with Crippen LogP contribution >= 0.6 is 0 Å². The Labute approximate surface area is 168 Å². The number of carbonyl (C=O) groups excluding carboxylic acids is 2. The van der Waals surface area contributed by atoms with Crippen LogP contribution in [0.2, 0.25) is 0 Å². The Bertz CT molecular complexity index is 947. The molecule has 1 aromatic carbocycles. The zero-order valence-electron chi connectivity index (χ0n) is 16.4. The highest BCUT2D eigenvalue weighted by molar-refractivity contribution is 5.93. The quantitative estimate of drug-likeness (QED) is 0.847. The van der Waals surface area contributed by atoms with Crippen molar-refractivity contribution in [3.8, 4) is 6.07 Å². The maximum absolute atomic E-state index is 12.9. The molecule has 1 aliphatic rings. The summed E-state index contributed by atoms with van der Waals surface area (Å²) in [7, 11) is 0. The number of carbonyl (C=O) groups is 2. The normalized spacial score (nSPS) is 13.6. The molecule has 2 amide bonds. The first-order chi connectivity index (χ1) is 14.0. The summed E-state index contributed by atoms with van der Waals surface area (Å²) >= 11 is 0. The van der Waals surface area contributed by atoms with Gasteiger partial charge in [-0.2, -0.15) is 5.26 Å². The van der Waals surface area contributed by atoms with Crippen LogP contribution in [0.15, 0.2) is 30.3 Å². The summed E-state index contributed by atoms with van der Waals surface area (Å²) in [6.07, 6.45) is -0.358. The number of rotatable bonds is 4. The second kappa shape index (κ2) is 9.01. The van der Waals surface area contributed by atoms with Crippen LogP contribution in [0, 0.1) is 18.3 Å². The van der Waals surface area contributed by atoms with Crippen LogP contribution in [0.1, 0.15) is 28.7 Å². The summed E-state index contributed by atoms with van der Waals surface area (Å²) in [5, 5.41) is 12.1. The lowest BCUT2D eigenvalue weighted by molar-refractivity contribution is 0.0566. The Morgan fingerprint density at radius 3 is 2.59 bits per heavy atom. The summed E-state index contributed by atoms with van der Waals surface area (Å²) in [6.45, 7) is 5.53. The smallest absolute Gasteiger partial charge is 0.409 e. The lowest BCUT2D eigenvalue weighted by Crippen LogP contribution is -2.50. The molecule has 2 heterocycles. The fraction of sp³-hybridized carbons (Fsp3) is 0.350. The molecule has 1 saturated heterocycles. The second-order valence-corrected chi connectivity index (χ2v) is 6.51. The van der Waals surface area contributed by atoms with E-state index in [0.717, 1.165) is 0 Å². The molecule has 9 nitrogen and oxygen atoms in total. The molecule has 0 radical (unpaired) electrons. The zero-order valence-corrected chi connectivity index (χ0v) is 16.4. The number of piperazine rings is 1. The minimum absolute atomic E-state index is 0.215. The van der Waals surface area contributed by atoms with E-state index in [9.17, 15) is 9.59 Å². The lowest BCUT2D eigenvalue weighted by atomic mass is 10.2. The molecule has 1 N–H and O–H groups in total. The van der Waals surface area contributed by atoms with Gasteiger partial charge in [-0.05, 0) is 38.1 Å². The second-order valence-electron chi connectivity index (χ2n) is 6.51. The van der Waals surface area contributed by atoms with Gasteiger partial charge in [-0.1, -0.05) is 6.07 Å². The Balaban J connectivity index is 1.70. The first-order valence-corrected chi connectivity index (χ1v) is 9.34. The Morgan fingerprint density at radius 2 is 1.90 bits per heavy atom. The number of nitriles is 1. The maximum atomic E-state index is 12.9. The van der Waals surface area contributed by atoms with Crippen LogP contribution in [-0.2, 0) is 4.74 Å². The number of aromatic nitrogens is 2. The molecule has 0 saturated carbocycles. The van der Waals surface area contributed by atoms with Gasteiger partial charge < -0.3 is 19.9 Å². The molecule has 2 aromatic rings. The number of ether oxygens (including phenoxy) is 1. The van der Waals surface area contributed by atoms with Crippen molar-refractivity contribution in [2.45, 2.75) is 13.8 Å². The van der Waals surface area contributed by atoms with E-state index >= 15 is 0 Å². The first kappa shape index (κ1) is 20.1. The van der Waals surface area contributed by atoms with Crippen molar-refractivity contribution < 1.29 is 14.3 Å². The third kappa shape index (κ3) is 4.99. The summed E-state index contributed by atoms with van der Waals surface area (Å²) < 4.78 is 5.00. The Hall–Kier alpha value is -3.67. The van der Waals surface area contributed by atoms with Crippen molar-refractivity contribution in [3.05, 3.63) is 47.3 Å². The number of nitrogens with one attached hydrogen (secondary N) is 1. The maximum Gasteiger partial charge on any atom is 0.409 e. The van der Waals surface area contributed by atoms with Crippen LogP contribution in [0.5, 0.6) is 0 Å². The van der Waals surface area contributed by atoms with E-state index in [1.165, 1.54) is 0 Å². The lowest BCUT2D eigenvalue weighted by Gasteiger charge is -2.33. The molecule has 0 unspecified atom stereocenters. The molecule has 0 atom stereocenters. The standard InChI is InChI=1S/C20H22N6O3/c1-3-29-20(28)26-9-7-25(8-10-26)18(27)17-11-14(2)22-19(24-17)23-16-6-4-5-15(12-16)13-21/h4-6,11-12H,3,7-10H2,1-2H3,(H,22,23,24). The molecule has 0 spiro atoms. The summed E-state index contributed by atoms with van der Waals surface area (Å²) in [5.74, 6) is 0.0708. The molecule has 150 valence electrons. The number of nitrogens with zero attached hydrogens (tertiary/aromatic N) is 5. The van der Waals surface area contributed by atoms with E-state index in [1.807, 2.05) is 0 Å². The van der Waals surface area contributed by atoms with Gasteiger partial charge >= 0.3 is 6.09 Å². The molecule has 1 aliphatic heterocycles. The number of amides is 2. The van der Waals surface area contributed by atoms with Crippen LogP contribution < -0.4 is 5.32 Å². The van der Waals surface area contributed by atoms with Gasteiger partial charge in [0.15, 0.2) is 0 Å². The van der Waals surface area contributed by atoms with Crippen molar-refractivity contribution in [2.75, 3.05) is 38.1 Å². The SMILES string of the molecule is CCOC(=O)N1CCN(C(=O)c2cc(C)nc(Nc3cccc(C#N)c3)n2)CC1. The third-order valence-corrected chi connectivity index (χ3v) is 4.41. The fourth-order valence-electron chi connectivity index (χ4n) is 3.00. The molecule has 0 bridgehead atoms. The summed E-state index contributed by atoms with van der Waals surface area (Å²) in [6, 6.07) is 10.6. The average Bonchev–Trinajstić information content (AvgIpc) is 2.73. The van der Waals surface area contributed by atoms with Gasteiger partial charge in [-0.3, -0.25) is 4.79 Å². The molecule has 3 rings (SSSR count). The number of aryl methyl sites for hydroxylation is 1. The predicted octanol–water partition coefficient (Wildman–Crippen LogP) is 2.31. The molecule has 9 heteroatoms. The summed E-state index contributed by atoms with van der Waals surface area (Å²) in [5.41, 5.74) is 2.10. The minimum atomic E-state index is -0.358. The van der Waals surface area contributed by atoms with Crippen LogP contribution in [0.25, 0.3) is 0 Å². The van der Waals surface area contributed by atoms with Crippen LogP contribution in [0.3, 0.4) is 0 Å². The summed E-state index contributed by atoms with van der Waals surface area (Å²) in [4.78, 5) is 36.6. The minimum Gasteiger partial charge on any atom is -0.450 e. The van der Waals surface area contributed by atoms with Gasteiger partial charge in [0, 0.05) is 37.6 Å². The van der Waals surface area contributed by atoms with Gasteiger partial charge in [0.2, 0.25) is 5.95 Å². The fourth-order valence-corrected chi connectivity index (χ4v) is 3.00. The third-order valence-electron chi connectivity index (χ3n) is 4.41. The van der Waals surface area contributed by atoms with Gasteiger partial charge in [0.1, 0.15) is 5.69 Å². The first-order valence-electron chi connectivity index (χ1n) is 9.34. The Kier molecular flexibility index (Phi) is 6.24. The zero-order chi connectivity index (χ0) is 20.8. The monoisotopic (exact) mass is 394 g/mol. The van der Waals surface area contributed by atoms with E-state index in [0.29, 0.717) is 49.7 Å². The van der Waals surface area contributed by atoms with E-state index < -0.39 is 0 Å². The largest absolute Gasteiger partial charge is 0.450 e. The number of anilines is 2. The highest BCUT2D eigenvalue weighted by Gasteiger charge is 2.26. The average molecular weight is 394 g/mol. The number of hydrogen-bond donors (Lipinski definition) is 1. The highest BCUT2D eigenvalue weighted by atomic mass is 16.6. The molecule has 0 aliphatic carbocycles. The van der Waals surface area contributed by atoms with Crippen LogP contribution in [0.4, 0.5) is 16.4 Å². The van der Waals surface area contributed by atoms with Gasteiger partial charge in [0.05, 0.1) is 18.2 Å². The van der Waals surface area contributed by atoms with Gasteiger partial charge in [-0.25, -0.2) is 14.8 Å². The van der Waals surface area contributed by atoms with Crippen molar-refractivity contribution in [3.63, 3.8) is 0 Å². The number of benzene rings is 1. The topological polar surface area (TPSA) is 111 Å². The Morgan fingerprint density at radius 1 is 1.17 bits per heavy atom. The van der Waals surface area contributed by atoms with Crippen molar-refractivity contribution in [1.82, 2.24) is 19.8 Å².